The predicted molar refractivity (Wildman–Crippen MR) is 106 cm³/mol. The molecule has 0 atom stereocenters. The van der Waals surface area contributed by atoms with E-state index < -0.39 is 0 Å². The highest BCUT2D eigenvalue weighted by Crippen LogP contribution is 2.30. The largest absolute Gasteiger partial charge is 0.231 e. The summed E-state index contributed by atoms with van der Waals surface area (Å²) in [6, 6.07) is 9.53. The van der Waals surface area contributed by atoms with Crippen LogP contribution in [-0.4, -0.2) is 9.97 Å². The second-order valence-corrected chi connectivity index (χ2v) is 7.76. The number of thioether (sulfide) groups is 1. The third-order valence-electron chi connectivity index (χ3n) is 3.37. The van der Waals surface area contributed by atoms with Crippen molar-refractivity contribution in [3.8, 4) is 0 Å². The maximum absolute atomic E-state index is 6.20. The second-order valence-electron chi connectivity index (χ2n) is 5.05. The lowest BCUT2D eigenvalue weighted by Gasteiger charge is -2.06. The molecule has 0 saturated carbocycles. The molecule has 3 aromatic rings. The Hall–Kier alpha value is -1.33. The highest BCUT2D eigenvalue weighted by molar-refractivity contribution is 7.98. The van der Waals surface area contributed by atoms with E-state index in [0.717, 1.165) is 11.3 Å². The molecule has 2 nitrogen and oxygen atoms in total. The van der Waals surface area contributed by atoms with Crippen molar-refractivity contribution in [1.29, 1.82) is 0 Å². The fourth-order valence-corrected chi connectivity index (χ4v) is 4.44. The Morgan fingerprint density at radius 2 is 1.92 bits per heavy atom. The third-order valence-corrected chi connectivity index (χ3v) is 5.95. The van der Waals surface area contributed by atoms with Crippen LogP contribution in [0.15, 0.2) is 47.1 Å². The van der Waals surface area contributed by atoms with Gasteiger partial charge in [0.15, 0.2) is 5.16 Å². The fraction of sp³-hybridized carbons (Fsp3) is 0.111. The topological polar surface area (TPSA) is 25.8 Å². The molecule has 0 amide bonds. The van der Waals surface area contributed by atoms with E-state index in [0.29, 0.717) is 21.0 Å². The van der Waals surface area contributed by atoms with Gasteiger partial charge < -0.3 is 0 Å². The highest BCUT2D eigenvalue weighted by Gasteiger charge is 2.07. The van der Waals surface area contributed by atoms with E-state index >= 15 is 0 Å². The Labute approximate surface area is 159 Å². The van der Waals surface area contributed by atoms with E-state index in [4.69, 9.17) is 23.2 Å². The summed E-state index contributed by atoms with van der Waals surface area (Å²) in [5, 5.41) is 4.12. The molecule has 0 saturated heterocycles. The lowest BCUT2D eigenvalue weighted by molar-refractivity contribution is 0.957. The number of nitrogens with zero attached hydrogens (tertiary/aromatic N) is 2. The minimum Gasteiger partial charge on any atom is -0.231 e. The molecule has 0 aliphatic carbocycles. The number of hydrogen-bond acceptors (Lipinski definition) is 4. The summed E-state index contributed by atoms with van der Waals surface area (Å²) < 4.78 is 0. The van der Waals surface area contributed by atoms with Gasteiger partial charge in [-0.1, -0.05) is 41.0 Å². The van der Waals surface area contributed by atoms with Crippen LogP contribution in [-0.2, 0) is 5.75 Å². The van der Waals surface area contributed by atoms with E-state index in [1.165, 1.54) is 22.2 Å². The zero-order valence-corrected chi connectivity index (χ0v) is 16.0. The summed E-state index contributed by atoms with van der Waals surface area (Å²) >= 11 is 15.6. The summed E-state index contributed by atoms with van der Waals surface area (Å²) in [6.07, 6.45) is 5.86. The van der Waals surface area contributed by atoms with Crippen LogP contribution in [0.5, 0.6) is 0 Å². The van der Waals surface area contributed by atoms with Crippen LogP contribution < -0.4 is 0 Å². The first-order chi connectivity index (χ1) is 11.6. The number of aromatic nitrogens is 2. The van der Waals surface area contributed by atoms with Gasteiger partial charge in [-0.15, -0.1) is 11.3 Å². The van der Waals surface area contributed by atoms with Crippen LogP contribution in [0.2, 0.25) is 10.0 Å². The number of aryl methyl sites for hydroxylation is 1. The first-order valence-corrected chi connectivity index (χ1v) is 9.86. The van der Waals surface area contributed by atoms with Crippen molar-refractivity contribution in [2.24, 2.45) is 0 Å². The van der Waals surface area contributed by atoms with Crippen molar-refractivity contribution in [3.05, 3.63) is 73.7 Å². The average Bonchev–Trinajstić information content (AvgIpc) is 2.98. The van der Waals surface area contributed by atoms with Gasteiger partial charge in [0.1, 0.15) is 0 Å². The molecule has 0 fully saturated rings. The summed E-state index contributed by atoms with van der Waals surface area (Å²) in [6.45, 7) is 2.10. The number of halogens is 2. The molecule has 0 N–H and O–H groups in total. The van der Waals surface area contributed by atoms with E-state index in [1.54, 1.807) is 17.5 Å². The molecule has 122 valence electrons. The first-order valence-electron chi connectivity index (χ1n) is 7.24. The molecule has 0 bridgehead atoms. The van der Waals surface area contributed by atoms with Crippen LogP contribution in [0.25, 0.3) is 12.2 Å². The number of thiophene rings is 1. The molecule has 2 aromatic heterocycles. The highest BCUT2D eigenvalue weighted by atomic mass is 35.5. The zero-order chi connectivity index (χ0) is 16.9. The quantitative estimate of drug-likeness (QED) is 0.360. The van der Waals surface area contributed by atoms with E-state index in [1.807, 2.05) is 30.3 Å². The number of hydrogen-bond donors (Lipinski definition) is 0. The Bertz CT molecular complexity index is 855. The van der Waals surface area contributed by atoms with Gasteiger partial charge in [-0.2, -0.15) is 0 Å². The maximum atomic E-state index is 6.20. The lowest BCUT2D eigenvalue weighted by atomic mass is 10.2. The Kier molecular flexibility index (Phi) is 5.95. The third kappa shape index (κ3) is 4.39. The molecule has 1 aromatic carbocycles. The van der Waals surface area contributed by atoms with Gasteiger partial charge in [0.05, 0.1) is 5.69 Å². The van der Waals surface area contributed by atoms with Gasteiger partial charge >= 0.3 is 0 Å². The van der Waals surface area contributed by atoms with Gasteiger partial charge in [0.2, 0.25) is 0 Å². The fourth-order valence-electron chi connectivity index (χ4n) is 2.04. The lowest BCUT2D eigenvalue weighted by Crippen LogP contribution is -1.91. The maximum Gasteiger partial charge on any atom is 0.188 e. The number of rotatable bonds is 5. The van der Waals surface area contributed by atoms with Crippen LogP contribution >= 0.6 is 46.3 Å². The summed E-state index contributed by atoms with van der Waals surface area (Å²) in [7, 11) is 0. The van der Waals surface area contributed by atoms with Gasteiger partial charge in [-0.05, 0) is 59.8 Å². The molecule has 0 aliphatic heterocycles. The standard InChI is InChI=1S/C18H14Cl2N2S2/c1-12-8-10-23-17(12)6-5-13-7-9-21-18(22-13)24-11-14-15(19)3-2-4-16(14)20/h2-10H,11H2,1H3. The molecule has 3 rings (SSSR count). The van der Waals surface area contributed by atoms with Crippen LogP contribution in [0.3, 0.4) is 0 Å². The molecule has 0 aliphatic rings. The van der Waals surface area contributed by atoms with E-state index in [-0.39, 0.29) is 0 Å². The molecule has 0 radical (unpaired) electrons. The van der Waals surface area contributed by atoms with Gasteiger partial charge in [-0.25, -0.2) is 9.97 Å². The van der Waals surface area contributed by atoms with Crippen molar-refractivity contribution in [2.45, 2.75) is 17.8 Å². The molecular weight excluding hydrogens is 379 g/mol. The second kappa shape index (κ2) is 8.17. The molecule has 6 heteroatoms. The van der Waals surface area contributed by atoms with Crippen LogP contribution in [0.4, 0.5) is 0 Å². The van der Waals surface area contributed by atoms with E-state index in [2.05, 4.69) is 34.4 Å². The normalized spacial score (nSPS) is 11.3. The summed E-state index contributed by atoms with van der Waals surface area (Å²) in [5.74, 6) is 0.635. The Balaban J connectivity index is 1.72. The molecule has 24 heavy (non-hydrogen) atoms. The SMILES string of the molecule is Cc1ccsc1C=Cc1ccnc(SCc2c(Cl)cccc2Cl)n1. The molecule has 0 spiro atoms. The minimum atomic E-state index is 0.635. The van der Waals surface area contributed by atoms with Crippen LogP contribution in [0, 0.1) is 6.92 Å². The van der Waals surface area contributed by atoms with Crippen molar-refractivity contribution in [2.75, 3.05) is 0 Å². The number of benzene rings is 1. The van der Waals surface area contributed by atoms with Crippen molar-refractivity contribution >= 4 is 58.5 Å². The first kappa shape index (κ1) is 17.5. The monoisotopic (exact) mass is 392 g/mol. The van der Waals surface area contributed by atoms with Crippen molar-refractivity contribution < 1.29 is 0 Å². The van der Waals surface area contributed by atoms with Gasteiger partial charge in [0, 0.05) is 26.9 Å². The molecular formula is C18H14Cl2N2S2. The van der Waals surface area contributed by atoms with Crippen molar-refractivity contribution in [1.82, 2.24) is 9.97 Å². The zero-order valence-electron chi connectivity index (χ0n) is 12.9. The average molecular weight is 393 g/mol. The smallest absolute Gasteiger partial charge is 0.188 e. The summed E-state index contributed by atoms with van der Waals surface area (Å²) in [5.41, 5.74) is 3.06. The van der Waals surface area contributed by atoms with Crippen LogP contribution in [0.1, 0.15) is 21.7 Å². The Morgan fingerprint density at radius 1 is 1.12 bits per heavy atom. The summed E-state index contributed by atoms with van der Waals surface area (Å²) in [4.78, 5) is 10.1. The molecule has 2 heterocycles. The molecule has 0 unspecified atom stereocenters. The Morgan fingerprint density at radius 3 is 2.62 bits per heavy atom. The van der Waals surface area contributed by atoms with Crippen molar-refractivity contribution in [3.63, 3.8) is 0 Å². The van der Waals surface area contributed by atoms with Gasteiger partial charge in [0.25, 0.3) is 0 Å². The van der Waals surface area contributed by atoms with E-state index in [9.17, 15) is 0 Å². The minimum absolute atomic E-state index is 0.635. The predicted octanol–water partition coefficient (Wildman–Crippen LogP) is 6.62. The van der Waals surface area contributed by atoms with Gasteiger partial charge in [-0.3, -0.25) is 0 Å².